The van der Waals surface area contributed by atoms with Gasteiger partial charge in [0.2, 0.25) is 5.91 Å². The Morgan fingerprint density at radius 3 is 2.88 bits per heavy atom. The highest BCUT2D eigenvalue weighted by Crippen LogP contribution is 2.38. The van der Waals surface area contributed by atoms with Crippen molar-refractivity contribution in [2.75, 3.05) is 18.9 Å². The molecule has 1 aliphatic carbocycles. The van der Waals surface area contributed by atoms with E-state index < -0.39 is 0 Å². The highest BCUT2D eigenvalue weighted by Gasteiger charge is 2.23. The van der Waals surface area contributed by atoms with Crippen molar-refractivity contribution in [3.8, 4) is 6.07 Å². The van der Waals surface area contributed by atoms with Gasteiger partial charge in [0.15, 0.2) is 0 Å². The summed E-state index contributed by atoms with van der Waals surface area (Å²) in [7, 11) is 1.95. The van der Waals surface area contributed by atoms with E-state index in [1.165, 1.54) is 4.88 Å². The van der Waals surface area contributed by atoms with Crippen LogP contribution in [0, 0.1) is 11.3 Å². The molecule has 1 N–H and O–H groups in total. The van der Waals surface area contributed by atoms with Crippen LogP contribution in [0.3, 0.4) is 0 Å². The number of fused-ring (bicyclic) bond motifs is 1. The van der Waals surface area contributed by atoms with Crippen molar-refractivity contribution < 1.29 is 4.79 Å². The number of amides is 1. The smallest absolute Gasteiger partial charge is 0.226 e. The van der Waals surface area contributed by atoms with Crippen molar-refractivity contribution in [3.63, 3.8) is 0 Å². The van der Waals surface area contributed by atoms with Gasteiger partial charge in [-0.1, -0.05) is 29.3 Å². The van der Waals surface area contributed by atoms with E-state index in [1.54, 1.807) is 17.4 Å². The van der Waals surface area contributed by atoms with Crippen molar-refractivity contribution in [3.05, 3.63) is 49.8 Å². The zero-order valence-electron chi connectivity index (χ0n) is 14.4. The molecule has 7 heteroatoms. The first kappa shape index (κ1) is 19.2. The predicted molar refractivity (Wildman–Crippen MR) is 107 cm³/mol. The molecule has 0 saturated carbocycles. The molecule has 1 aromatic heterocycles. The van der Waals surface area contributed by atoms with Crippen molar-refractivity contribution in [2.24, 2.45) is 0 Å². The second kappa shape index (κ2) is 8.41. The van der Waals surface area contributed by atoms with Crippen molar-refractivity contribution >= 4 is 45.4 Å². The number of rotatable bonds is 6. The Hall–Kier alpha value is -1.58. The van der Waals surface area contributed by atoms with Gasteiger partial charge >= 0.3 is 0 Å². The maximum atomic E-state index is 12.3. The number of hydrogen-bond acceptors (Lipinski definition) is 4. The zero-order valence-corrected chi connectivity index (χ0v) is 16.8. The van der Waals surface area contributed by atoms with Gasteiger partial charge < -0.3 is 10.2 Å². The van der Waals surface area contributed by atoms with E-state index in [1.807, 2.05) is 19.2 Å². The van der Waals surface area contributed by atoms with E-state index in [0.29, 0.717) is 40.1 Å². The highest BCUT2D eigenvalue weighted by atomic mass is 35.5. The number of thiophene rings is 1. The van der Waals surface area contributed by atoms with Crippen molar-refractivity contribution in [1.29, 1.82) is 5.26 Å². The SMILES string of the molecule is CN(CCC(=O)Nc1sc2c(c1C#N)CCC2)Cc1ccc(Cl)c(Cl)c1. The average molecular weight is 408 g/mol. The van der Waals surface area contributed by atoms with E-state index in [9.17, 15) is 10.1 Å². The van der Waals surface area contributed by atoms with Crippen LogP contribution in [0.15, 0.2) is 18.2 Å². The summed E-state index contributed by atoms with van der Waals surface area (Å²) >= 11 is 13.5. The average Bonchev–Trinajstić information content (AvgIpc) is 3.17. The molecule has 1 aromatic carbocycles. The molecule has 0 fully saturated rings. The first-order valence-corrected chi connectivity index (χ1v) is 10.0. The molecule has 0 atom stereocenters. The van der Waals surface area contributed by atoms with Gasteiger partial charge in [0.25, 0.3) is 0 Å². The minimum absolute atomic E-state index is 0.0672. The van der Waals surface area contributed by atoms with Crippen molar-refractivity contribution in [2.45, 2.75) is 32.2 Å². The summed E-state index contributed by atoms with van der Waals surface area (Å²) in [4.78, 5) is 15.6. The normalized spacial score (nSPS) is 12.9. The molecular weight excluding hydrogens is 389 g/mol. The Morgan fingerprint density at radius 1 is 1.35 bits per heavy atom. The third-order valence-electron chi connectivity index (χ3n) is 4.44. The summed E-state index contributed by atoms with van der Waals surface area (Å²) in [5.74, 6) is -0.0672. The van der Waals surface area contributed by atoms with Crippen LogP contribution in [0.4, 0.5) is 5.00 Å². The second-order valence-electron chi connectivity index (χ2n) is 6.46. The number of benzene rings is 1. The van der Waals surface area contributed by atoms with E-state index in [4.69, 9.17) is 23.2 Å². The Bertz CT molecular complexity index is 872. The Labute approximate surface area is 167 Å². The number of carbonyl (C=O) groups is 1. The van der Waals surface area contributed by atoms with E-state index in [-0.39, 0.29) is 5.91 Å². The van der Waals surface area contributed by atoms with E-state index in [0.717, 1.165) is 30.4 Å². The largest absolute Gasteiger partial charge is 0.317 e. The Balaban J connectivity index is 1.53. The molecule has 0 spiro atoms. The quantitative estimate of drug-likeness (QED) is 0.742. The zero-order chi connectivity index (χ0) is 18.7. The molecule has 0 aliphatic heterocycles. The van der Waals surface area contributed by atoms with Crippen LogP contribution in [-0.4, -0.2) is 24.4 Å². The number of hydrogen-bond donors (Lipinski definition) is 1. The summed E-state index contributed by atoms with van der Waals surface area (Å²) in [5.41, 5.74) is 2.83. The lowest BCUT2D eigenvalue weighted by atomic mass is 10.1. The molecule has 1 amide bonds. The first-order chi connectivity index (χ1) is 12.5. The number of anilines is 1. The van der Waals surface area contributed by atoms with Gasteiger partial charge in [-0.15, -0.1) is 11.3 Å². The molecule has 0 unspecified atom stereocenters. The molecule has 3 rings (SSSR count). The van der Waals surface area contributed by atoms with Gasteiger partial charge in [0.05, 0.1) is 15.6 Å². The molecule has 26 heavy (non-hydrogen) atoms. The van der Waals surface area contributed by atoms with Crippen LogP contribution in [0.5, 0.6) is 0 Å². The summed E-state index contributed by atoms with van der Waals surface area (Å²) in [6.45, 7) is 1.29. The maximum absolute atomic E-state index is 12.3. The minimum Gasteiger partial charge on any atom is -0.317 e. The van der Waals surface area contributed by atoms with Crippen LogP contribution >= 0.6 is 34.5 Å². The molecule has 2 aromatic rings. The van der Waals surface area contributed by atoms with Crippen LogP contribution in [0.1, 0.15) is 34.4 Å². The fourth-order valence-corrected chi connectivity index (χ4v) is 4.70. The molecule has 0 bridgehead atoms. The van der Waals surface area contributed by atoms with Crippen LogP contribution in [0.2, 0.25) is 10.0 Å². The second-order valence-corrected chi connectivity index (χ2v) is 8.38. The third kappa shape index (κ3) is 4.39. The predicted octanol–water partition coefficient (Wildman–Crippen LogP) is 4.88. The van der Waals surface area contributed by atoms with Crippen LogP contribution < -0.4 is 5.32 Å². The van der Waals surface area contributed by atoms with E-state index in [2.05, 4.69) is 16.3 Å². The molecule has 1 heterocycles. The third-order valence-corrected chi connectivity index (χ3v) is 6.39. The molecule has 0 radical (unpaired) electrons. The Kier molecular flexibility index (Phi) is 6.20. The summed E-state index contributed by atoms with van der Waals surface area (Å²) in [5, 5.41) is 14.1. The number of nitriles is 1. The van der Waals surface area contributed by atoms with Crippen LogP contribution in [-0.2, 0) is 24.2 Å². The number of carbonyl (C=O) groups excluding carboxylic acids is 1. The Morgan fingerprint density at radius 2 is 2.15 bits per heavy atom. The maximum Gasteiger partial charge on any atom is 0.226 e. The van der Waals surface area contributed by atoms with E-state index >= 15 is 0 Å². The lowest BCUT2D eigenvalue weighted by Crippen LogP contribution is -2.24. The number of nitrogens with zero attached hydrogens (tertiary/aromatic N) is 2. The van der Waals surface area contributed by atoms with Crippen LogP contribution in [0.25, 0.3) is 0 Å². The molecule has 0 saturated heterocycles. The molecule has 4 nitrogen and oxygen atoms in total. The van der Waals surface area contributed by atoms with Gasteiger partial charge in [-0.05, 0) is 49.6 Å². The van der Waals surface area contributed by atoms with Gasteiger partial charge in [-0.3, -0.25) is 4.79 Å². The van der Waals surface area contributed by atoms with Gasteiger partial charge in [0, 0.05) is 24.4 Å². The number of nitrogens with one attached hydrogen (secondary N) is 1. The minimum atomic E-state index is -0.0672. The number of halogens is 2. The summed E-state index contributed by atoms with van der Waals surface area (Å²) < 4.78 is 0. The first-order valence-electron chi connectivity index (χ1n) is 8.45. The standard InChI is InChI=1S/C19H19Cl2N3OS/c1-24(11-12-5-6-15(20)16(21)9-12)8-7-18(25)23-19-14(10-22)13-3-2-4-17(13)26-19/h5-6,9H,2-4,7-8,11H2,1H3,(H,23,25). The fraction of sp³-hybridized carbons (Fsp3) is 0.368. The summed E-state index contributed by atoms with van der Waals surface area (Å²) in [6.07, 6.45) is 3.42. The lowest BCUT2D eigenvalue weighted by molar-refractivity contribution is -0.116. The highest BCUT2D eigenvalue weighted by molar-refractivity contribution is 7.16. The van der Waals surface area contributed by atoms with Gasteiger partial charge in [-0.25, -0.2) is 0 Å². The topological polar surface area (TPSA) is 56.1 Å². The lowest BCUT2D eigenvalue weighted by Gasteiger charge is -2.16. The molecular formula is C19H19Cl2N3OS. The monoisotopic (exact) mass is 407 g/mol. The fourth-order valence-electron chi connectivity index (χ4n) is 3.12. The number of aryl methyl sites for hydroxylation is 1. The molecule has 1 aliphatic rings. The van der Waals surface area contributed by atoms with Gasteiger partial charge in [-0.2, -0.15) is 5.26 Å². The van der Waals surface area contributed by atoms with Gasteiger partial charge in [0.1, 0.15) is 11.1 Å². The summed E-state index contributed by atoms with van der Waals surface area (Å²) in [6, 6.07) is 7.80. The van der Waals surface area contributed by atoms with Crippen molar-refractivity contribution in [1.82, 2.24) is 4.90 Å². The molecule has 136 valence electrons.